The fourth-order valence-corrected chi connectivity index (χ4v) is 1.12. The molecule has 0 N–H and O–H groups in total. The van der Waals surface area contributed by atoms with Crippen molar-refractivity contribution in [2.75, 3.05) is 7.11 Å². The van der Waals surface area contributed by atoms with Crippen LogP contribution in [0, 0.1) is 23.1 Å². The first kappa shape index (κ1) is 11.2. The van der Waals surface area contributed by atoms with Gasteiger partial charge in [-0.25, -0.2) is 4.39 Å². The van der Waals surface area contributed by atoms with Crippen molar-refractivity contribution in [1.82, 2.24) is 0 Å². The number of methoxy groups -OCH3 is 1. The van der Waals surface area contributed by atoms with Crippen molar-refractivity contribution in [2.45, 2.75) is 6.92 Å². The molecule has 1 unspecified atom stereocenters. The number of nitriles is 1. The Hall–Kier alpha value is -1.89. The highest BCUT2D eigenvalue weighted by Crippen LogP contribution is 2.20. The van der Waals surface area contributed by atoms with E-state index in [1.54, 1.807) is 0 Å². The van der Waals surface area contributed by atoms with Crippen molar-refractivity contribution < 1.29 is 13.9 Å². The molecule has 4 heteroatoms. The van der Waals surface area contributed by atoms with E-state index >= 15 is 0 Å². The van der Waals surface area contributed by atoms with Gasteiger partial charge in [-0.2, -0.15) is 5.26 Å². The Bertz CT molecular complexity index is 423. The third kappa shape index (κ3) is 2.32. The molecule has 0 aliphatic rings. The van der Waals surface area contributed by atoms with Crippen LogP contribution in [0.4, 0.5) is 4.39 Å². The molecule has 0 aliphatic heterocycles. The lowest BCUT2D eigenvalue weighted by atomic mass is 10.0. The maximum absolute atomic E-state index is 13.0. The van der Waals surface area contributed by atoms with Crippen LogP contribution in [-0.2, 0) is 0 Å². The van der Waals surface area contributed by atoms with E-state index in [1.807, 2.05) is 6.07 Å². The highest BCUT2D eigenvalue weighted by Gasteiger charge is 2.16. The molecule has 0 spiro atoms. The first-order valence-electron chi connectivity index (χ1n) is 4.37. The Kier molecular flexibility index (Phi) is 3.40. The number of benzene rings is 1. The van der Waals surface area contributed by atoms with Crippen LogP contribution in [0.2, 0.25) is 0 Å². The number of carbonyl (C=O) groups excluding carboxylic acids is 1. The molecule has 0 fully saturated rings. The SMILES string of the molecule is COc1cc(C(=O)C(C)C#N)ccc1F. The molecule has 0 saturated heterocycles. The molecular formula is C11H10FNO2. The predicted octanol–water partition coefficient (Wildman–Crippen LogP) is 2.18. The van der Waals surface area contributed by atoms with E-state index in [0.29, 0.717) is 0 Å². The van der Waals surface area contributed by atoms with Gasteiger partial charge in [-0.15, -0.1) is 0 Å². The summed E-state index contributed by atoms with van der Waals surface area (Å²) in [7, 11) is 1.32. The third-order valence-electron chi connectivity index (χ3n) is 2.02. The number of rotatable bonds is 3. The van der Waals surface area contributed by atoms with E-state index in [2.05, 4.69) is 0 Å². The highest BCUT2D eigenvalue weighted by atomic mass is 19.1. The molecule has 3 nitrogen and oxygen atoms in total. The highest BCUT2D eigenvalue weighted by molar-refractivity contribution is 5.99. The number of ketones is 1. The smallest absolute Gasteiger partial charge is 0.179 e. The van der Waals surface area contributed by atoms with Crippen molar-refractivity contribution in [3.05, 3.63) is 29.6 Å². The maximum atomic E-state index is 13.0. The zero-order chi connectivity index (χ0) is 11.4. The Morgan fingerprint density at radius 1 is 1.60 bits per heavy atom. The molecule has 0 saturated carbocycles. The minimum Gasteiger partial charge on any atom is -0.494 e. The average molecular weight is 207 g/mol. The molecule has 0 radical (unpaired) electrons. The Morgan fingerprint density at radius 2 is 2.27 bits per heavy atom. The Morgan fingerprint density at radius 3 is 2.80 bits per heavy atom. The predicted molar refractivity (Wildman–Crippen MR) is 52.1 cm³/mol. The van der Waals surface area contributed by atoms with Crippen LogP contribution in [0.25, 0.3) is 0 Å². The molecule has 0 heterocycles. The largest absolute Gasteiger partial charge is 0.494 e. The quantitative estimate of drug-likeness (QED) is 0.714. The van der Waals surface area contributed by atoms with E-state index in [9.17, 15) is 9.18 Å². The van der Waals surface area contributed by atoms with Gasteiger partial charge in [0.2, 0.25) is 0 Å². The van der Waals surface area contributed by atoms with Crippen LogP contribution in [0.1, 0.15) is 17.3 Å². The fraction of sp³-hybridized carbons (Fsp3) is 0.273. The van der Waals surface area contributed by atoms with Gasteiger partial charge in [0.15, 0.2) is 17.3 Å². The lowest BCUT2D eigenvalue weighted by molar-refractivity contribution is 0.0956. The van der Waals surface area contributed by atoms with E-state index < -0.39 is 11.7 Å². The minimum atomic E-state index is -0.736. The topological polar surface area (TPSA) is 50.1 Å². The second-order valence-corrected chi connectivity index (χ2v) is 3.06. The zero-order valence-electron chi connectivity index (χ0n) is 8.45. The van der Waals surface area contributed by atoms with Gasteiger partial charge in [0, 0.05) is 5.56 Å². The van der Waals surface area contributed by atoms with Crippen molar-refractivity contribution in [3.63, 3.8) is 0 Å². The molecule has 0 bridgehead atoms. The fourth-order valence-electron chi connectivity index (χ4n) is 1.12. The van der Waals surface area contributed by atoms with Crippen LogP contribution < -0.4 is 4.74 Å². The van der Waals surface area contributed by atoms with Crippen LogP contribution in [0.5, 0.6) is 5.75 Å². The van der Waals surface area contributed by atoms with Gasteiger partial charge in [0.25, 0.3) is 0 Å². The molecule has 1 atom stereocenters. The van der Waals surface area contributed by atoms with Crippen molar-refractivity contribution in [1.29, 1.82) is 5.26 Å². The van der Waals surface area contributed by atoms with Gasteiger partial charge in [-0.3, -0.25) is 4.79 Å². The number of carbonyl (C=O) groups is 1. The summed E-state index contributed by atoms with van der Waals surface area (Å²) >= 11 is 0. The van der Waals surface area contributed by atoms with Gasteiger partial charge in [-0.05, 0) is 25.1 Å². The van der Waals surface area contributed by atoms with Gasteiger partial charge in [-0.1, -0.05) is 0 Å². The number of Topliss-reactive ketones (excluding diaryl/α,β-unsaturated/α-hetero) is 1. The van der Waals surface area contributed by atoms with Gasteiger partial charge >= 0.3 is 0 Å². The van der Waals surface area contributed by atoms with Gasteiger partial charge < -0.3 is 4.74 Å². The van der Waals surface area contributed by atoms with Crippen LogP contribution >= 0.6 is 0 Å². The maximum Gasteiger partial charge on any atom is 0.179 e. The number of nitrogens with zero attached hydrogens (tertiary/aromatic N) is 1. The second kappa shape index (κ2) is 4.56. The Labute approximate surface area is 87.1 Å². The number of ether oxygens (including phenoxy) is 1. The van der Waals surface area contributed by atoms with E-state index in [-0.39, 0.29) is 17.1 Å². The van der Waals surface area contributed by atoms with Crippen LogP contribution in [-0.4, -0.2) is 12.9 Å². The summed E-state index contributed by atoms with van der Waals surface area (Å²) in [5.41, 5.74) is 0.280. The van der Waals surface area contributed by atoms with Crippen molar-refractivity contribution >= 4 is 5.78 Å². The van der Waals surface area contributed by atoms with E-state index in [0.717, 1.165) is 6.07 Å². The van der Waals surface area contributed by atoms with Gasteiger partial charge in [0.05, 0.1) is 13.2 Å². The molecule has 15 heavy (non-hydrogen) atoms. The van der Waals surface area contributed by atoms with Gasteiger partial charge in [0.1, 0.15) is 5.92 Å². The second-order valence-electron chi connectivity index (χ2n) is 3.06. The third-order valence-corrected chi connectivity index (χ3v) is 2.02. The summed E-state index contributed by atoms with van der Waals surface area (Å²) in [6.45, 7) is 1.50. The average Bonchev–Trinajstić information content (AvgIpc) is 2.27. The molecule has 1 aromatic carbocycles. The summed E-state index contributed by atoms with van der Waals surface area (Å²) in [5, 5.41) is 8.57. The molecule has 78 valence electrons. The van der Waals surface area contributed by atoms with Crippen molar-refractivity contribution in [3.8, 4) is 11.8 Å². The number of hydrogen-bond donors (Lipinski definition) is 0. The molecule has 0 aromatic heterocycles. The summed E-state index contributed by atoms with van der Waals surface area (Å²) in [6.07, 6.45) is 0. The van der Waals surface area contributed by atoms with E-state index in [4.69, 9.17) is 10.00 Å². The normalized spacial score (nSPS) is 11.6. The molecule has 1 aromatic rings. The summed E-state index contributed by atoms with van der Waals surface area (Å²) in [6, 6.07) is 5.62. The van der Waals surface area contributed by atoms with Crippen LogP contribution in [0.3, 0.4) is 0 Å². The minimum absolute atomic E-state index is 0.00555. The summed E-state index contributed by atoms with van der Waals surface area (Å²) in [4.78, 5) is 11.6. The standard InChI is InChI=1S/C11H10FNO2/c1-7(6-13)11(14)8-3-4-9(12)10(5-8)15-2/h3-5,7H,1-2H3. The zero-order valence-corrected chi connectivity index (χ0v) is 8.45. The molecule has 0 aliphatic carbocycles. The monoisotopic (exact) mass is 207 g/mol. The Balaban J connectivity index is 3.07. The summed E-state index contributed by atoms with van der Waals surface area (Å²) in [5.74, 6) is -1.60. The molecule has 0 amide bonds. The lowest BCUT2D eigenvalue weighted by Crippen LogP contribution is -2.09. The molecular weight excluding hydrogens is 197 g/mol. The summed E-state index contributed by atoms with van der Waals surface area (Å²) < 4.78 is 17.8. The lowest BCUT2D eigenvalue weighted by Gasteiger charge is -2.05. The number of halogens is 1. The molecule has 1 rings (SSSR count). The van der Waals surface area contributed by atoms with Crippen LogP contribution in [0.15, 0.2) is 18.2 Å². The first-order valence-corrected chi connectivity index (χ1v) is 4.37. The van der Waals surface area contributed by atoms with E-state index in [1.165, 1.54) is 26.2 Å². The van der Waals surface area contributed by atoms with Crippen molar-refractivity contribution in [2.24, 2.45) is 5.92 Å². The first-order chi connectivity index (χ1) is 7.10. The number of hydrogen-bond acceptors (Lipinski definition) is 3.